The summed E-state index contributed by atoms with van der Waals surface area (Å²) < 4.78 is 0. The third-order valence-electron chi connectivity index (χ3n) is 4.13. The molecule has 1 atom stereocenters. The molecule has 2 rings (SSSR count). The van der Waals surface area contributed by atoms with Crippen LogP contribution in [0.1, 0.15) is 50.1 Å². The molecule has 0 bridgehead atoms. The first-order chi connectivity index (χ1) is 8.66. The molecule has 1 fully saturated rings. The first-order valence-electron chi connectivity index (χ1n) is 7.19. The largest absolute Gasteiger partial charge is 0.378 e. The minimum Gasteiger partial charge on any atom is -0.378 e. The standard InChI is InChI=1S/C16H26N2/c1-18(2)15-10-6-9-14(12-15)16(17)11-13-7-4-3-5-8-13/h6,9-10,12-13,16H,3-5,7-8,11,17H2,1-2H3. The van der Waals surface area contributed by atoms with Crippen LogP contribution >= 0.6 is 0 Å². The van der Waals surface area contributed by atoms with Crippen molar-refractivity contribution >= 4 is 5.69 Å². The second kappa shape index (κ2) is 6.24. The Morgan fingerprint density at radius 1 is 1.22 bits per heavy atom. The molecule has 0 saturated heterocycles. The van der Waals surface area contributed by atoms with Crippen molar-refractivity contribution in [1.82, 2.24) is 0 Å². The predicted octanol–water partition coefficient (Wildman–Crippen LogP) is 3.72. The highest BCUT2D eigenvalue weighted by Gasteiger charge is 2.17. The summed E-state index contributed by atoms with van der Waals surface area (Å²) >= 11 is 0. The lowest BCUT2D eigenvalue weighted by Crippen LogP contribution is -2.18. The third-order valence-corrected chi connectivity index (χ3v) is 4.13. The van der Waals surface area contributed by atoms with E-state index in [1.54, 1.807) is 0 Å². The SMILES string of the molecule is CN(C)c1cccc(C(N)CC2CCCCC2)c1. The summed E-state index contributed by atoms with van der Waals surface area (Å²) in [5.74, 6) is 0.844. The molecule has 100 valence electrons. The van der Waals surface area contributed by atoms with E-state index in [2.05, 4.69) is 43.3 Å². The van der Waals surface area contributed by atoms with Crippen molar-refractivity contribution < 1.29 is 0 Å². The maximum Gasteiger partial charge on any atom is 0.0364 e. The number of hydrogen-bond acceptors (Lipinski definition) is 2. The molecule has 0 spiro atoms. The third kappa shape index (κ3) is 3.49. The first-order valence-corrected chi connectivity index (χ1v) is 7.19. The molecule has 1 saturated carbocycles. The molecule has 1 aromatic rings. The van der Waals surface area contributed by atoms with Crippen molar-refractivity contribution in [1.29, 1.82) is 0 Å². The lowest BCUT2D eigenvalue weighted by atomic mass is 9.83. The van der Waals surface area contributed by atoms with Gasteiger partial charge in [-0.1, -0.05) is 44.2 Å². The summed E-state index contributed by atoms with van der Waals surface area (Å²) in [6.07, 6.45) is 8.12. The van der Waals surface area contributed by atoms with Gasteiger partial charge in [0.05, 0.1) is 0 Å². The van der Waals surface area contributed by atoms with E-state index < -0.39 is 0 Å². The van der Waals surface area contributed by atoms with Crippen molar-refractivity contribution in [2.45, 2.75) is 44.6 Å². The maximum absolute atomic E-state index is 6.38. The molecule has 18 heavy (non-hydrogen) atoms. The van der Waals surface area contributed by atoms with E-state index >= 15 is 0 Å². The van der Waals surface area contributed by atoms with Crippen LogP contribution in [0.3, 0.4) is 0 Å². The second-order valence-electron chi connectivity index (χ2n) is 5.84. The van der Waals surface area contributed by atoms with Crippen LogP contribution in [0.15, 0.2) is 24.3 Å². The molecule has 2 nitrogen and oxygen atoms in total. The van der Waals surface area contributed by atoms with Crippen molar-refractivity contribution in [2.24, 2.45) is 11.7 Å². The normalized spacial score (nSPS) is 18.6. The van der Waals surface area contributed by atoms with Crippen LogP contribution in [0.5, 0.6) is 0 Å². The molecule has 1 aliphatic carbocycles. The molecule has 0 aliphatic heterocycles. The first kappa shape index (κ1) is 13.4. The average molecular weight is 246 g/mol. The number of anilines is 1. The van der Waals surface area contributed by atoms with Crippen molar-refractivity contribution in [2.75, 3.05) is 19.0 Å². The van der Waals surface area contributed by atoms with Gasteiger partial charge >= 0.3 is 0 Å². The minimum atomic E-state index is 0.202. The van der Waals surface area contributed by atoms with Crippen molar-refractivity contribution in [3.05, 3.63) is 29.8 Å². The van der Waals surface area contributed by atoms with Crippen LogP contribution in [-0.4, -0.2) is 14.1 Å². The van der Waals surface area contributed by atoms with E-state index in [0.29, 0.717) is 0 Å². The molecule has 1 aromatic carbocycles. The number of rotatable bonds is 4. The van der Waals surface area contributed by atoms with Gasteiger partial charge in [-0.25, -0.2) is 0 Å². The van der Waals surface area contributed by atoms with E-state index in [4.69, 9.17) is 5.73 Å². The van der Waals surface area contributed by atoms with Gasteiger partial charge in [-0.3, -0.25) is 0 Å². The van der Waals surface area contributed by atoms with E-state index in [1.807, 2.05) is 0 Å². The fourth-order valence-corrected chi connectivity index (χ4v) is 2.95. The lowest BCUT2D eigenvalue weighted by molar-refractivity contribution is 0.319. The smallest absolute Gasteiger partial charge is 0.0364 e. The summed E-state index contributed by atoms with van der Waals surface area (Å²) in [5.41, 5.74) is 8.90. The number of nitrogens with two attached hydrogens (primary N) is 1. The molecule has 1 unspecified atom stereocenters. The number of benzene rings is 1. The Labute approximate surface area is 111 Å². The zero-order chi connectivity index (χ0) is 13.0. The van der Waals surface area contributed by atoms with Crippen LogP contribution in [0.25, 0.3) is 0 Å². The monoisotopic (exact) mass is 246 g/mol. The molecular formula is C16H26N2. The van der Waals surface area contributed by atoms with Gasteiger partial charge < -0.3 is 10.6 Å². The van der Waals surface area contributed by atoms with Gasteiger partial charge in [0, 0.05) is 25.8 Å². The van der Waals surface area contributed by atoms with E-state index in [-0.39, 0.29) is 6.04 Å². The number of hydrogen-bond donors (Lipinski definition) is 1. The van der Waals surface area contributed by atoms with E-state index in [9.17, 15) is 0 Å². The second-order valence-corrected chi connectivity index (χ2v) is 5.84. The van der Waals surface area contributed by atoms with Gasteiger partial charge in [-0.2, -0.15) is 0 Å². The van der Waals surface area contributed by atoms with Gasteiger partial charge in [-0.15, -0.1) is 0 Å². The summed E-state index contributed by atoms with van der Waals surface area (Å²) in [5, 5.41) is 0. The van der Waals surface area contributed by atoms with Crippen LogP contribution in [0.4, 0.5) is 5.69 Å². The summed E-state index contributed by atoms with van der Waals surface area (Å²) in [6, 6.07) is 8.85. The van der Waals surface area contributed by atoms with E-state index in [1.165, 1.54) is 43.4 Å². The molecule has 0 heterocycles. The Hall–Kier alpha value is -1.02. The Morgan fingerprint density at radius 2 is 1.94 bits per heavy atom. The van der Waals surface area contributed by atoms with Crippen molar-refractivity contribution in [3.63, 3.8) is 0 Å². The number of nitrogens with zero attached hydrogens (tertiary/aromatic N) is 1. The minimum absolute atomic E-state index is 0.202. The van der Waals surface area contributed by atoms with Crippen LogP contribution in [0, 0.1) is 5.92 Å². The Morgan fingerprint density at radius 3 is 2.61 bits per heavy atom. The maximum atomic E-state index is 6.38. The van der Waals surface area contributed by atoms with Gasteiger partial charge in [0.1, 0.15) is 0 Å². The highest BCUT2D eigenvalue weighted by Crippen LogP contribution is 2.31. The van der Waals surface area contributed by atoms with Gasteiger partial charge in [0.2, 0.25) is 0 Å². The lowest BCUT2D eigenvalue weighted by Gasteiger charge is -2.25. The molecule has 0 amide bonds. The van der Waals surface area contributed by atoms with Gasteiger partial charge in [0.25, 0.3) is 0 Å². The topological polar surface area (TPSA) is 29.3 Å². The predicted molar refractivity (Wildman–Crippen MR) is 78.9 cm³/mol. The van der Waals surface area contributed by atoms with Crippen molar-refractivity contribution in [3.8, 4) is 0 Å². The Kier molecular flexibility index (Phi) is 4.65. The quantitative estimate of drug-likeness (QED) is 0.877. The average Bonchev–Trinajstić information content (AvgIpc) is 2.40. The highest BCUT2D eigenvalue weighted by molar-refractivity contribution is 5.47. The highest BCUT2D eigenvalue weighted by atomic mass is 15.1. The molecule has 0 radical (unpaired) electrons. The molecule has 0 aromatic heterocycles. The fraction of sp³-hybridized carbons (Fsp3) is 0.625. The summed E-state index contributed by atoms with van der Waals surface area (Å²) in [4.78, 5) is 2.14. The Balaban J connectivity index is 1.99. The zero-order valence-corrected chi connectivity index (χ0v) is 11.7. The molecule has 1 aliphatic rings. The molecular weight excluding hydrogens is 220 g/mol. The van der Waals surface area contributed by atoms with Gasteiger partial charge in [0.15, 0.2) is 0 Å². The Bertz CT molecular complexity index is 367. The van der Waals surface area contributed by atoms with Crippen LogP contribution < -0.4 is 10.6 Å². The summed E-state index contributed by atoms with van der Waals surface area (Å²) in [7, 11) is 4.15. The molecule has 2 N–H and O–H groups in total. The van der Waals surface area contributed by atoms with Crippen LogP contribution in [-0.2, 0) is 0 Å². The summed E-state index contributed by atoms with van der Waals surface area (Å²) in [6.45, 7) is 0. The zero-order valence-electron chi connectivity index (χ0n) is 11.7. The van der Waals surface area contributed by atoms with Gasteiger partial charge in [-0.05, 0) is 30.0 Å². The fourth-order valence-electron chi connectivity index (χ4n) is 2.95. The van der Waals surface area contributed by atoms with E-state index in [0.717, 1.165) is 12.3 Å². The molecule has 2 heteroatoms. The van der Waals surface area contributed by atoms with Crippen LogP contribution in [0.2, 0.25) is 0 Å².